The summed E-state index contributed by atoms with van der Waals surface area (Å²) >= 11 is 0. The first-order valence-electron chi connectivity index (χ1n) is 3.49. The second-order valence-electron chi connectivity index (χ2n) is 2.34. The van der Waals surface area contributed by atoms with E-state index >= 15 is 0 Å². The van der Waals surface area contributed by atoms with Crippen molar-refractivity contribution in [3.8, 4) is 0 Å². The molecule has 2 rings (SSSR count). The molecule has 0 saturated heterocycles. The van der Waals surface area contributed by atoms with Crippen molar-refractivity contribution in [1.82, 2.24) is 19.9 Å². The monoisotopic (exact) mass is 334 g/mol. The van der Waals surface area contributed by atoms with E-state index in [1.807, 2.05) is 0 Å². The number of nitrogens with zero attached hydrogens (tertiary/aromatic N) is 2. The Bertz CT molecular complexity index is 599. The number of aromatic amines is 2. The molecule has 0 bridgehead atoms. The van der Waals surface area contributed by atoms with Crippen LogP contribution in [0.15, 0.2) is 17.4 Å². The number of imidazole rings is 1. The van der Waals surface area contributed by atoms with Gasteiger partial charge in [-0.3, -0.25) is 13.9 Å². The molecule has 2 heterocycles. The first-order valence-corrected chi connectivity index (χ1v) is 4.97. The Morgan fingerprint density at radius 1 is 1.06 bits per heavy atom. The van der Waals surface area contributed by atoms with Crippen LogP contribution in [0.3, 0.4) is 0 Å². The first-order chi connectivity index (χ1) is 6.88. The van der Waals surface area contributed by atoms with Gasteiger partial charge < -0.3 is 20.9 Å². The van der Waals surface area contributed by atoms with Crippen molar-refractivity contribution < 1.29 is 48.0 Å². The second-order valence-corrected chi connectivity index (χ2v) is 3.34. The minimum absolute atomic E-state index is 0. The fourth-order valence-corrected chi connectivity index (χ4v) is 0.776. The largest absolute Gasteiger partial charge is 2.00 e. The molecule has 8 N–H and O–H groups in total. The minimum atomic E-state index is -4.17. The van der Waals surface area contributed by atoms with Gasteiger partial charge in [-0.25, -0.2) is 9.97 Å². The van der Waals surface area contributed by atoms with E-state index in [1.54, 1.807) is 0 Å². The van der Waals surface area contributed by atoms with Crippen LogP contribution in [0, 0.1) is 0 Å². The zero-order valence-corrected chi connectivity index (χ0v) is 12.6. The van der Waals surface area contributed by atoms with Crippen LogP contribution in [0.4, 0.5) is 0 Å². The van der Waals surface area contributed by atoms with Crippen LogP contribution in [0.5, 0.6) is 0 Å². The smallest absolute Gasteiger partial charge is 0.870 e. The molecule has 18 heavy (non-hydrogen) atoms. The van der Waals surface area contributed by atoms with Gasteiger partial charge in [0.15, 0.2) is 11.2 Å². The van der Waals surface area contributed by atoms with Crippen LogP contribution in [-0.4, -0.2) is 48.4 Å². The molecule has 2 aromatic rings. The van der Waals surface area contributed by atoms with Gasteiger partial charge in [0.25, 0.3) is 5.56 Å². The van der Waals surface area contributed by atoms with Crippen LogP contribution >= 0.6 is 0 Å². The maximum Gasteiger partial charge on any atom is 2.00 e. The number of rotatable bonds is 0. The Morgan fingerprint density at radius 2 is 1.44 bits per heavy atom. The van der Waals surface area contributed by atoms with Crippen LogP contribution < -0.4 is 5.56 Å². The van der Waals surface area contributed by atoms with Crippen LogP contribution in [0.25, 0.3) is 11.2 Å². The molecule has 0 aliphatic heterocycles. The molecule has 0 unspecified atom stereocenters. The zero-order valence-electron chi connectivity index (χ0n) is 8.78. The van der Waals surface area contributed by atoms with Gasteiger partial charge in [-0.05, 0) is 0 Å². The molecule has 0 aliphatic rings. The molecule has 2 aromatic heterocycles. The SMILES string of the molecule is O=S(=O)([OH2+])[OH2+].O=c1[nH]cnc2nc[nH]c12.[OH-].[OH-].[Zn+2]. The summed E-state index contributed by atoms with van der Waals surface area (Å²) in [5.74, 6) is 0. The maximum absolute atomic E-state index is 10.9. The molecule has 11 nitrogen and oxygen atoms in total. The van der Waals surface area contributed by atoms with Gasteiger partial charge in [0, 0.05) is 0 Å². The first kappa shape index (κ1) is 22.0. The average molecular weight is 336 g/mol. The van der Waals surface area contributed by atoms with Crippen LogP contribution in [0.2, 0.25) is 0 Å². The molecule has 0 aliphatic carbocycles. The number of fused-ring (bicyclic) bond motifs is 1. The predicted molar refractivity (Wildman–Crippen MR) is 54.5 cm³/mol. The van der Waals surface area contributed by atoms with Gasteiger partial charge in [-0.1, -0.05) is 8.42 Å². The normalized spacial score (nSPS) is 9.00. The maximum atomic E-state index is 10.9. The molecule has 13 heteroatoms. The molecular formula is C5H10N4O7SZn+2. The summed E-state index contributed by atoms with van der Waals surface area (Å²) in [6, 6.07) is 0. The van der Waals surface area contributed by atoms with Crippen LogP contribution in [0.1, 0.15) is 0 Å². The minimum Gasteiger partial charge on any atom is -0.870 e. The number of aromatic nitrogens is 4. The molecule has 0 saturated carbocycles. The Morgan fingerprint density at radius 3 is 1.83 bits per heavy atom. The molecule has 0 atom stereocenters. The van der Waals surface area contributed by atoms with E-state index in [0.717, 1.165) is 0 Å². The number of hydrogen-bond donors (Lipinski definition) is 2. The predicted octanol–water partition coefficient (Wildman–Crippen LogP) is -3.03. The standard InChI is InChI=1S/C5H4N4O.H2O4S.2H2O.Zn/c10-5-3-4(7-1-6-3)8-2-9-5;1-5(2,3)4;;;/h1-2H,(H2,6,7,8,9,10);(H2,1,2,3,4);2*1H2;/q;;;;+2. The van der Waals surface area contributed by atoms with E-state index in [-0.39, 0.29) is 36.0 Å². The summed E-state index contributed by atoms with van der Waals surface area (Å²) < 4.78 is 29.1. The van der Waals surface area contributed by atoms with Crippen LogP contribution in [-0.2, 0) is 29.9 Å². The summed E-state index contributed by atoms with van der Waals surface area (Å²) in [5.41, 5.74) is 0.675. The van der Waals surface area contributed by atoms with E-state index in [2.05, 4.69) is 19.9 Å². The fourth-order valence-electron chi connectivity index (χ4n) is 0.776. The third kappa shape index (κ3) is 7.94. The second kappa shape index (κ2) is 8.80. The topological polar surface area (TPSA) is 214 Å². The van der Waals surface area contributed by atoms with Crippen molar-refractivity contribution in [2.45, 2.75) is 0 Å². The van der Waals surface area contributed by atoms with Gasteiger partial charge >= 0.3 is 29.9 Å². The van der Waals surface area contributed by atoms with Crippen molar-refractivity contribution in [2.24, 2.45) is 0 Å². The summed E-state index contributed by atoms with van der Waals surface area (Å²) in [5, 5.41) is 0. The molecule has 0 spiro atoms. The molecule has 0 fully saturated rings. The van der Waals surface area contributed by atoms with Gasteiger partial charge in [0.1, 0.15) is 0 Å². The van der Waals surface area contributed by atoms with Crippen molar-refractivity contribution in [3.63, 3.8) is 0 Å². The van der Waals surface area contributed by atoms with Gasteiger partial charge in [-0.2, -0.15) is 0 Å². The summed E-state index contributed by atoms with van der Waals surface area (Å²) in [4.78, 5) is 23.6. The molecule has 98 valence electrons. The average Bonchev–Trinajstić information content (AvgIpc) is 2.49. The molecular weight excluding hydrogens is 326 g/mol. The van der Waals surface area contributed by atoms with E-state index in [0.29, 0.717) is 11.2 Å². The van der Waals surface area contributed by atoms with Crippen molar-refractivity contribution in [3.05, 3.63) is 23.0 Å². The number of H-pyrrole nitrogens is 2. The molecule has 0 radical (unpaired) electrons. The summed E-state index contributed by atoms with van der Waals surface area (Å²) in [7, 11) is -4.17. The zero-order chi connectivity index (χ0) is 11.5. The molecule has 0 aromatic carbocycles. The van der Waals surface area contributed by atoms with Gasteiger partial charge in [-0.15, -0.1) is 0 Å². The van der Waals surface area contributed by atoms with Crippen molar-refractivity contribution >= 4 is 21.6 Å². The number of hydrogen-bond acceptors (Lipinski definition) is 7. The third-order valence-corrected chi connectivity index (χ3v) is 1.23. The van der Waals surface area contributed by atoms with Crippen molar-refractivity contribution in [2.75, 3.05) is 0 Å². The van der Waals surface area contributed by atoms with Gasteiger partial charge in [0.05, 0.1) is 12.7 Å². The Balaban J connectivity index is -0.000000252. The Labute approximate surface area is 113 Å². The van der Waals surface area contributed by atoms with Crippen molar-refractivity contribution in [1.29, 1.82) is 0 Å². The van der Waals surface area contributed by atoms with E-state index in [1.165, 1.54) is 12.7 Å². The quantitative estimate of drug-likeness (QED) is 0.374. The summed E-state index contributed by atoms with van der Waals surface area (Å²) in [6.07, 6.45) is 2.76. The van der Waals surface area contributed by atoms with Gasteiger partial charge in [0.2, 0.25) is 0 Å². The summed E-state index contributed by atoms with van der Waals surface area (Å²) in [6.45, 7) is 0. The fraction of sp³-hybridized carbons (Fsp3) is 0. The Kier molecular flexibility index (Phi) is 10.7. The number of nitrogens with one attached hydrogen (secondary N) is 2. The Hall–Kier alpha value is -1.24. The van der Waals surface area contributed by atoms with E-state index in [9.17, 15) is 4.79 Å². The third-order valence-electron chi connectivity index (χ3n) is 1.23. The molecule has 0 amide bonds. The van der Waals surface area contributed by atoms with E-state index in [4.69, 9.17) is 17.5 Å². The van der Waals surface area contributed by atoms with E-state index < -0.39 is 10.4 Å².